The van der Waals surface area contributed by atoms with Gasteiger partial charge >= 0.3 is 0 Å². The zero-order valence-corrected chi connectivity index (χ0v) is 23.8. The first-order valence-corrected chi connectivity index (χ1v) is 14.4. The van der Waals surface area contributed by atoms with Crippen molar-refractivity contribution in [3.8, 4) is 11.1 Å². The van der Waals surface area contributed by atoms with Gasteiger partial charge in [0.2, 0.25) is 0 Å². The van der Waals surface area contributed by atoms with Crippen LogP contribution in [-0.2, 0) is 51.3 Å². The number of nitrogens with one attached hydrogen (secondary N) is 1. The summed E-state index contributed by atoms with van der Waals surface area (Å²) in [4.78, 5) is 30.8. The topological polar surface area (TPSA) is 102 Å². The highest BCUT2D eigenvalue weighted by atomic mass is 32.1. The molecule has 0 bridgehead atoms. The van der Waals surface area contributed by atoms with Gasteiger partial charge in [0, 0.05) is 56.0 Å². The lowest BCUT2D eigenvalue weighted by Gasteiger charge is -2.30. The lowest BCUT2D eigenvalue weighted by molar-refractivity contribution is 0.0984. The lowest BCUT2D eigenvalue weighted by atomic mass is 9.91. The van der Waals surface area contributed by atoms with Gasteiger partial charge < -0.3 is 24.6 Å². The van der Waals surface area contributed by atoms with Crippen molar-refractivity contribution in [2.24, 2.45) is 14.1 Å². The molecule has 9 nitrogen and oxygen atoms in total. The zero-order valence-electron chi connectivity index (χ0n) is 23.0. The van der Waals surface area contributed by atoms with Crippen molar-refractivity contribution in [2.75, 3.05) is 23.9 Å². The molecular weight excluding hydrogens is 526 g/mol. The molecule has 0 saturated heterocycles. The fourth-order valence-electron chi connectivity index (χ4n) is 5.95. The molecule has 4 aromatic rings. The SMILES string of the molecule is COCc1cc(Nc2cc(-c3cccc(N4CCc5c(sc6c5CCCC6)C4=O)c3CO)cn(C)c2=O)nn1C. The molecule has 2 aliphatic rings. The number of aliphatic hydroxyl groups excluding tert-OH is 1. The maximum absolute atomic E-state index is 13.8. The number of anilines is 3. The van der Waals surface area contributed by atoms with Gasteiger partial charge in [0.1, 0.15) is 5.69 Å². The van der Waals surface area contributed by atoms with Gasteiger partial charge in [-0.2, -0.15) is 5.10 Å². The molecular formula is C30H33N5O4S. The number of thiophene rings is 1. The van der Waals surface area contributed by atoms with Gasteiger partial charge in [-0.3, -0.25) is 14.3 Å². The number of rotatable bonds is 7. The van der Waals surface area contributed by atoms with Crippen molar-refractivity contribution in [1.82, 2.24) is 14.3 Å². The number of nitrogens with zero attached hydrogens (tertiary/aromatic N) is 4. The Morgan fingerprint density at radius 1 is 1.10 bits per heavy atom. The first-order valence-electron chi connectivity index (χ1n) is 13.6. The second-order valence-corrected chi connectivity index (χ2v) is 11.6. The largest absolute Gasteiger partial charge is 0.392 e. The first-order chi connectivity index (χ1) is 19.4. The van der Waals surface area contributed by atoms with Gasteiger partial charge in [-0.25, -0.2) is 0 Å². The number of aryl methyl sites for hydroxylation is 3. The summed E-state index contributed by atoms with van der Waals surface area (Å²) >= 11 is 1.65. The maximum Gasteiger partial charge on any atom is 0.274 e. The van der Waals surface area contributed by atoms with Gasteiger partial charge in [0.25, 0.3) is 11.5 Å². The van der Waals surface area contributed by atoms with E-state index < -0.39 is 0 Å². The van der Waals surface area contributed by atoms with E-state index in [2.05, 4.69) is 10.4 Å². The standard InChI is InChI=1S/C30H33N5O4S/c1-33-15-18(13-24(29(33)37)31-27-14-19(17-39-3)34(2)32-27)20-8-6-9-25(23(20)16-36)35-12-11-22-21-7-4-5-10-26(21)40-28(22)30(35)38/h6,8-9,13-15,36H,4-5,7,10-12,16-17H2,1-3H3,(H,31,32). The normalized spacial score (nSPS) is 14.8. The first kappa shape index (κ1) is 26.5. The molecule has 2 N–H and O–H groups in total. The highest BCUT2D eigenvalue weighted by molar-refractivity contribution is 7.14. The molecule has 6 rings (SSSR count). The lowest BCUT2D eigenvalue weighted by Crippen LogP contribution is -2.37. The van der Waals surface area contributed by atoms with Gasteiger partial charge in [-0.15, -0.1) is 11.3 Å². The molecule has 4 heterocycles. The average molecular weight is 560 g/mol. The van der Waals surface area contributed by atoms with Crippen LogP contribution >= 0.6 is 11.3 Å². The molecule has 0 spiro atoms. The van der Waals surface area contributed by atoms with E-state index in [1.54, 1.807) is 42.4 Å². The Morgan fingerprint density at radius 2 is 1.93 bits per heavy atom. The number of carbonyl (C=O) groups excluding carboxylic acids is 1. The van der Waals surface area contributed by atoms with Gasteiger partial charge in [-0.1, -0.05) is 12.1 Å². The van der Waals surface area contributed by atoms with Crippen molar-refractivity contribution in [3.63, 3.8) is 0 Å². The Bertz CT molecular complexity index is 1670. The number of ether oxygens (including phenoxy) is 1. The van der Waals surface area contributed by atoms with Crippen LogP contribution in [0.3, 0.4) is 0 Å². The number of aromatic nitrogens is 3. The molecule has 0 unspecified atom stereocenters. The fourth-order valence-corrected chi connectivity index (χ4v) is 7.33. The van der Waals surface area contributed by atoms with Crippen LogP contribution in [-0.4, -0.2) is 39.0 Å². The molecule has 3 aromatic heterocycles. The molecule has 0 saturated carbocycles. The number of hydrogen-bond donors (Lipinski definition) is 2. The summed E-state index contributed by atoms with van der Waals surface area (Å²) in [5, 5.41) is 18.2. The minimum absolute atomic E-state index is 0.0114. The van der Waals surface area contributed by atoms with E-state index in [4.69, 9.17) is 4.74 Å². The molecule has 1 aliphatic carbocycles. The van der Waals surface area contributed by atoms with Crippen LogP contribution < -0.4 is 15.8 Å². The Morgan fingerprint density at radius 3 is 2.73 bits per heavy atom. The van der Waals surface area contributed by atoms with Crippen molar-refractivity contribution in [2.45, 2.75) is 45.3 Å². The van der Waals surface area contributed by atoms with E-state index >= 15 is 0 Å². The molecule has 0 fully saturated rings. The van der Waals surface area contributed by atoms with Gasteiger partial charge in [0.15, 0.2) is 5.82 Å². The molecule has 1 aromatic carbocycles. The van der Waals surface area contributed by atoms with E-state index in [1.807, 2.05) is 36.2 Å². The van der Waals surface area contributed by atoms with Crippen LogP contribution in [0, 0.1) is 0 Å². The number of methoxy groups -OCH3 is 1. The predicted octanol–water partition coefficient (Wildman–Crippen LogP) is 4.31. The van der Waals surface area contributed by atoms with Crippen LogP contribution in [0.1, 0.15) is 49.8 Å². The summed E-state index contributed by atoms with van der Waals surface area (Å²) in [7, 11) is 5.14. The van der Waals surface area contributed by atoms with E-state index in [-0.39, 0.29) is 18.1 Å². The Labute approximate surface area is 236 Å². The highest BCUT2D eigenvalue weighted by Crippen LogP contribution is 2.40. The van der Waals surface area contributed by atoms with Crippen molar-refractivity contribution in [3.05, 3.63) is 79.0 Å². The van der Waals surface area contributed by atoms with E-state index in [9.17, 15) is 14.7 Å². The quantitative estimate of drug-likeness (QED) is 0.350. The van der Waals surface area contributed by atoms with E-state index in [0.717, 1.165) is 41.0 Å². The second-order valence-electron chi connectivity index (χ2n) is 10.4. The Hall–Kier alpha value is -3.73. The third-order valence-electron chi connectivity index (χ3n) is 7.93. The smallest absolute Gasteiger partial charge is 0.274 e. The number of aliphatic hydroxyl groups is 1. The van der Waals surface area contributed by atoms with Crippen LogP contribution in [0.5, 0.6) is 0 Å². The zero-order chi connectivity index (χ0) is 28.0. The maximum atomic E-state index is 13.8. The molecule has 0 radical (unpaired) electrons. The third-order valence-corrected chi connectivity index (χ3v) is 9.25. The van der Waals surface area contributed by atoms with Crippen molar-refractivity contribution >= 4 is 34.4 Å². The number of fused-ring (bicyclic) bond motifs is 3. The summed E-state index contributed by atoms with van der Waals surface area (Å²) in [6.07, 6.45) is 7.09. The third kappa shape index (κ3) is 4.55. The van der Waals surface area contributed by atoms with Gasteiger partial charge in [0.05, 0.1) is 29.5 Å². The van der Waals surface area contributed by atoms with Crippen molar-refractivity contribution in [1.29, 1.82) is 0 Å². The predicted molar refractivity (Wildman–Crippen MR) is 157 cm³/mol. The van der Waals surface area contributed by atoms with Crippen LogP contribution in [0.15, 0.2) is 41.3 Å². The van der Waals surface area contributed by atoms with Crippen LogP contribution in [0.2, 0.25) is 0 Å². The average Bonchev–Trinajstić information content (AvgIpc) is 3.51. The molecule has 10 heteroatoms. The summed E-state index contributed by atoms with van der Waals surface area (Å²) in [6, 6.07) is 9.33. The summed E-state index contributed by atoms with van der Waals surface area (Å²) in [5.74, 6) is 0.547. The van der Waals surface area contributed by atoms with E-state index in [1.165, 1.54) is 33.4 Å². The number of carbonyl (C=O) groups is 1. The van der Waals surface area contributed by atoms with E-state index in [0.29, 0.717) is 35.9 Å². The van der Waals surface area contributed by atoms with Crippen molar-refractivity contribution < 1.29 is 14.6 Å². The second kappa shape index (κ2) is 10.7. The fraction of sp³-hybridized carbons (Fsp3) is 0.367. The molecule has 208 valence electrons. The molecule has 1 aliphatic heterocycles. The molecule has 1 amide bonds. The summed E-state index contributed by atoms with van der Waals surface area (Å²) in [6.45, 7) is 0.741. The summed E-state index contributed by atoms with van der Waals surface area (Å²) < 4.78 is 8.44. The highest BCUT2D eigenvalue weighted by Gasteiger charge is 2.33. The molecule has 0 atom stereocenters. The van der Waals surface area contributed by atoms with Gasteiger partial charge in [-0.05, 0) is 60.9 Å². The Kier molecular flexibility index (Phi) is 7.07. The molecule has 40 heavy (non-hydrogen) atoms. The number of pyridine rings is 1. The van der Waals surface area contributed by atoms with Crippen LogP contribution in [0.4, 0.5) is 17.2 Å². The van der Waals surface area contributed by atoms with Crippen LogP contribution in [0.25, 0.3) is 11.1 Å². The number of benzene rings is 1. The minimum Gasteiger partial charge on any atom is -0.392 e. The minimum atomic E-state index is -0.241. The Balaban J connectivity index is 1.37. The number of amides is 1. The summed E-state index contributed by atoms with van der Waals surface area (Å²) in [5.41, 5.74) is 6.55. The number of hydrogen-bond acceptors (Lipinski definition) is 7. The monoisotopic (exact) mass is 559 g/mol.